The van der Waals surface area contributed by atoms with Crippen LogP contribution in [0.3, 0.4) is 0 Å². The quantitative estimate of drug-likeness (QED) is 0.757. The molecule has 0 bridgehead atoms. The minimum absolute atomic E-state index is 0.0365. The van der Waals surface area contributed by atoms with Crippen LogP contribution in [0.2, 0.25) is 0 Å². The van der Waals surface area contributed by atoms with Gasteiger partial charge in [0.05, 0.1) is 26.1 Å². The van der Waals surface area contributed by atoms with Crippen LogP contribution >= 0.6 is 0 Å². The summed E-state index contributed by atoms with van der Waals surface area (Å²) in [7, 11) is 3.08. The van der Waals surface area contributed by atoms with Crippen LogP contribution in [-0.2, 0) is 16.1 Å². The molecule has 0 spiro atoms. The molecule has 1 aromatic heterocycles. The van der Waals surface area contributed by atoms with Crippen molar-refractivity contribution >= 4 is 12.0 Å². The summed E-state index contributed by atoms with van der Waals surface area (Å²) in [5.41, 5.74) is 1.43. The minimum atomic E-state index is -0.716. The molecule has 1 aliphatic rings. The summed E-state index contributed by atoms with van der Waals surface area (Å²) in [4.78, 5) is 24.5. The molecule has 2 heterocycles. The molecule has 27 heavy (non-hydrogen) atoms. The van der Waals surface area contributed by atoms with Gasteiger partial charge in [-0.1, -0.05) is 6.07 Å². The van der Waals surface area contributed by atoms with Crippen molar-refractivity contribution in [3.8, 4) is 11.5 Å². The Hall–Kier alpha value is -3.42. The summed E-state index contributed by atoms with van der Waals surface area (Å²) in [5.74, 6) is 1.02. The lowest BCUT2D eigenvalue weighted by Gasteiger charge is -2.26. The maximum atomic E-state index is 12.7. The number of amides is 2. The zero-order valence-corrected chi connectivity index (χ0v) is 15.2. The van der Waals surface area contributed by atoms with Gasteiger partial charge in [0.25, 0.3) is 0 Å². The Balaban J connectivity index is 1.78. The van der Waals surface area contributed by atoms with Gasteiger partial charge in [0.2, 0.25) is 0 Å². The molecule has 2 amide bonds. The highest BCUT2D eigenvalue weighted by Crippen LogP contribution is 2.30. The lowest BCUT2D eigenvalue weighted by Crippen LogP contribution is -2.45. The van der Waals surface area contributed by atoms with E-state index in [9.17, 15) is 9.59 Å². The number of carbonyl (C=O) groups is 2. The molecule has 8 nitrogen and oxygen atoms in total. The molecule has 0 radical (unpaired) electrons. The number of benzene rings is 1. The Labute approximate surface area is 156 Å². The lowest BCUT2D eigenvalue weighted by molar-refractivity contribution is -0.140. The summed E-state index contributed by atoms with van der Waals surface area (Å²) >= 11 is 0. The molecule has 0 fully saturated rings. The van der Waals surface area contributed by atoms with Crippen LogP contribution in [0.15, 0.2) is 52.3 Å². The molecule has 1 aromatic carbocycles. The van der Waals surface area contributed by atoms with Gasteiger partial charge in [-0.3, -0.25) is 0 Å². The predicted molar refractivity (Wildman–Crippen MR) is 95.2 cm³/mol. The van der Waals surface area contributed by atoms with Gasteiger partial charge in [0, 0.05) is 5.70 Å². The van der Waals surface area contributed by atoms with Gasteiger partial charge in [-0.2, -0.15) is 0 Å². The van der Waals surface area contributed by atoms with Crippen molar-refractivity contribution in [1.82, 2.24) is 10.6 Å². The average Bonchev–Trinajstić information content (AvgIpc) is 3.19. The van der Waals surface area contributed by atoms with E-state index in [2.05, 4.69) is 10.6 Å². The van der Waals surface area contributed by atoms with Gasteiger partial charge in [0.15, 0.2) is 11.5 Å². The Morgan fingerprint density at radius 2 is 1.96 bits per heavy atom. The highest BCUT2D eigenvalue weighted by Gasteiger charge is 2.33. The molecule has 0 saturated heterocycles. The molecular weight excluding hydrogens is 352 g/mol. The fourth-order valence-corrected chi connectivity index (χ4v) is 2.83. The summed E-state index contributed by atoms with van der Waals surface area (Å²) in [6.07, 6.45) is 1.48. The number of ether oxygens (including phenoxy) is 3. The SMILES string of the molecule is COc1ccc(COC(=O)C2=C(C)NC(=O)NC2c2ccco2)cc1OC. The van der Waals surface area contributed by atoms with Crippen molar-refractivity contribution in [2.45, 2.75) is 19.6 Å². The summed E-state index contributed by atoms with van der Waals surface area (Å²) in [6.45, 7) is 1.68. The Morgan fingerprint density at radius 3 is 2.63 bits per heavy atom. The van der Waals surface area contributed by atoms with Crippen molar-refractivity contribution in [3.63, 3.8) is 0 Å². The first-order valence-electron chi connectivity index (χ1n) is 8.23. The van der Waals surface area contributed by atoms with Crippen molar-refractivity contribution in [2.24, 2.45) is 0 Å². The second kappa shape index (κ2) is 7.86. The number of furan rings is 1. The fourth-order valence-electron chi connectivity index (χ4n) is 2.83. The second-order valence-corrected chi connectivity index (χ2v) is 5.85. The zero-order chi connectivity index (χ0) is 19.4. The summed E-state index contributed by atoms with van der Waals surface area (Å²) in [5, 5.41) is 5.26. The molecule has 1 atom stereocenters. The number of rotatable bonds is 6. The number of urea groups is 1. The van der Waals surface area contributed by atoms with E-state index < -0.39 is 18.0 Å². The summed E-state index contributed by atoms with van der Waals surface area (Å²) < 4.78 is 21.2. The number of methoxy groups -OCH3 is 2. The van der Waals surface area contributed by atoms with Crippen LogP contribution in [0.4, 0.5) is 4.79 Å². The first-order chi connectivity index (χ1) is 13.0. The van der Waals surface area contributed by atoms with E-state index in [4.69, 9.17) is 18.6 Å². The molecule has 2 aromatic rings. The van der Waals surface area contributed by atoms with Crippen molar-refractivity contribution in [3.05, 3.63) is 59.2 Å². The largest absolute Gasteiger partial charge is 0.493 e. The number of carbonyl (C=O) groups excluding carboxylic acids is 2. The first-order valence-corrected chi connectivity index (χ1v) is 8.23. The van der Waals surface area contributed by atoms with Crippen LogP contribution in [0.1, 0.15) is 24.3 Å². The maximum Gasteiger partial charge on any atom is 0.338 e. The fraction of sp³-hybridized carbons (Fsp3) is 0.263. The van der Waals surface area contributed by atoms with E-state index >= 15 is 0 Å². The Bertz CT molecular complexity index is 872. The van der Waals surface area contributed by atoms with Crippen molar-refractivity contribution in [2.75, 3.05) is 14.2 Å². The van der Waals surface area contributed by atoms with Gasteiger partial charge in [-0.05, 0) is 36.8 Å². The standard InChI is InChI=1S/C19H20N2O6/c1-11-16(17(21-19(23)20-11)14-5-4-8-26-14)18(22)27-10-12-6-7-13(24-2)15(9-12)25-3/h4-9,17H,10H2,1-3H3,(H2,20,21,23). The monoisotopic (exact) mass is 372 g/mol. The highest BCUT2D eigenvalue weighted by atomic mass is 16.5. The van der Waals surface area contributed by atoms with E-state index in [-0.39, 0.29) is 12.2 Å². The topological polar surface area (TPSA) is 99.0 Å². The molecule has 0 aliphatic carbocycles. The van der Waals surface area contributed by atoms with Crippen molar-refractivity contribution in [1.29, 1.82) is 0 Å². The normalized spacial score (nSPS) is 16.4. The number of esters is 1. The Morgan fingerprint density at radius 1 is 1.19 bits per heavy atom. The van der Waals surface area contributed by atoms with E-state index in [0.29, 0.717) is 23.0 Å². The smallest absolute Gasteiger partial charge is 0.338 e. The molecule has 8 heteroatoms. The molecule has 2 N–H and O–H groups in total. The van der Waals surface area contributed by atoms with Gasteiger partial charge in [-0.15, -0.1) is 0 Å². The number of allylic oxidation sites excluding steroid dienone is 1. The molecule has 0 saturated carbocycles. The second-order valence-electron chi connectivity index (χ2n) is 5.85. The third-order valence-electron chi connectivity index (χ3n) is 4.13. The predicted octanol–water partition coefficient (Wildman–Crippen LogP) is 2.67. The number of hydrogen-bond acceptors (Lipinski definition) is 6. The van der Waals surface area contributed by atoms with Gasteiger partial charge >= 0.3 is 12.0 Å². The molecule has 1 unspecified atom stereocenters. The molecule has 142 valence electrons. The van der Waals surface area contributed by atoms with E-state index in [1.807, 2.05) is 0 Å². The van der Waals surface area contributed by atoms with Gasteiger partial charge in [0.1, 0.15) is 18.4 Å². The Kier molecular flexibility index (Phi) is 5.35. The van der Waals surface area contributed by atoms with Crippen LogP contribution in [0.25, 0.3) is 0 Å². The molecule has 3 rings (SSSR count). The van der Waals surface area contributed by atoms with Crippen molar-refractivity contribution < 1.29 is 28.2 Å². The van der Waals surface area contributed by atoms with Crippen LogP contribution in [0, 0.1) is 0 Å². The molecule has 1 aliphatic heterocycles. The average molecular weight is 372 g/mol. The van der Waals surface area contributed by atoms with E-state index in [1.165, 1.54) is 13.4 Å². The third kappa shape index (κ3) is 3.89. The van der Waals surface area contributed by atoms with E-state index in [1.54, 1.807) is 44.4 Å². The number of hydrogen-bond donors (Lipinski definition) is 2. The zero-order valence-electron chi connectivity index (χ0n) is 15.2. The third-order valence-corrected chi connectivity index (χ3v) is 4.13. The summed E-state index contributed by atoms with van der Waals surface area (Å²) in [6, 6.07) is 7.49. The van der Waals surface area contributed by atoms with Crippen LogP contribution < -0.4 is 20.1 Å². The lowest BCUT2D eigenvalue weighted by atomic mass is 10.0. The van der Waals surface area contributed by atoms with E-state index in [0.717, 1.165) is 5.56 Å². The van der Waals surface area contributed by atoms with Crippen LogP contribution in [-0.4, -0.2) is 26.2 Å². The van der Waals surface area contributed by atoms with Gasteiger partial charge in [-0.25, -0.2) is 9.59 Å². The van der Waals surface area contributed by atoms with Gasteiger partial charge < -0.3 is 29.3 Å². The van der Waals surface area contributed by atoms with Crippen LogP contribution in [0.5, 0.6) is 11.5 Å². The number of nitrogens with one attached hydrogen (secondary N) is 2. The minimum Gasteiger partial charge on any atom is -0.493 e. The molecular formula is C19H20N2O6. The highest BCUT2D eigenvalue weighted by molar-refractivity contribution is 5.94. The first kappa shape index (κ1) is 18.4. The maximum absolute atomic E-state index is 12.7.